The lowest BCUT2D eigenvalue weighted by Gasteiger charge is -2.18. The minimum absolute atomic E-state index is 0.0721. The summed E-state index contributed by atoms with van der Waals surface area (Å²) in [6.07, 6.45) is 0.396. The van der Waals surface area contributed by atoms with Crippen molar-refractivity contribution in [3.8, 4) is 11.9 Å². The van der Waals surface area contributed by atoms with Crippen LogP contribution in [0.4, 0.5) is 10.2 Å². The highest BCUT2D eigenvalue weighted by Gasteiger charge is 2.22. The number of nitrogens with zero attached hydrogens (tertiary/aromatic N) is 3. The Kier molecular flexibility index (Phi) is 7.59. The summed E-state index contributed by atoms with van der Waals surface area (Å²) in [6.45, 7) is 1.77. The number of rotatable bonds is 8. The van der Waals surface area contributed by atoms with Gasteiger partial charge in [0.2, 0.25) is 0 Å². The third kappa shape index (κ3) is 5.31. The highest BCUT2D eigenvalue weighted by atomic mass is 19.1. The van der Waals surface area contributed by atoms with E-state index in [1.54, 1.807) is 20.0 Å². The quantitative estimate of drug-likeness (QED) is 0.360. The number of nitriles is 1. The molecular formula is C20H22FN7O3. The fraction of sp³-hybridized carbons (Fsp3) is 0.250. The number of likely N-dealkylation sites (N-methyl/N-ethyl adjacent to an activating group) is 1. The fourth-order valence-electron chi connectivity index (χ4n) is 2.77. The second-order valence-corrected chi connectivity index (χ2v) is 6.35. The van der Waals surface area contributed by atoms with E-state index in [4.69, 9.17) is 31.6 Å². The number of esters is 1. The average molecular weight is 427 g/mol. The number of aromatic nitrogens is 2. The molecule has 0 saturated heterocycles. The minimum atomic E-state index is -0.867. The number of allylic oxidation sites excluding steroid dienone is 1. The van der Waals surface area contributed by atoms with Crippen molar-refractivity contribution in [2.75, 3.05) is 26.4 Å². The number of benzene rings is 1. The standard InChI is InChI=1S/C20H22FN7O3/c1-10(13-6-11(21)4-5-12(13)20(29)30-3)31-19-18(25)27-9-16(28-19)17(14(23)7-22)15(24)8-26-2/h4-6,9-10,23,26H,8,24H2,1-3H3,(H2,25,27)/b17-15+,23-14?/t10-/m1/s1. The van der Waals surface area contributed by atoms with Gasteiger partial charge < -0.3 is 26.3 Å². The first-order valence-electron chi connectivity index (χ1n) is 9.03. The zero-order valence-corrected chi connectivity index (χ0v) is 17.2. The second-order valence-electron chi connectivity index (χ2n) is 6.35. The van der Waals surface area contributed by atoms with Gasteiger partial charge in [-0.1, -0.05) is 0 Å². The first kappa shape index (κ1) is 23.2. The number of carbonyl (C=O) groups excluding carboxylic acids is 1. The van der Waals surface area contributed by atoms with Gasteiger partial charge in [-0.05, 0) is 32.2 Å². The third-order valence-corrected chi connectivity index (χ3v) is 4.22. The Morgan fingerprint density at radius 1 is 1.45 bits per heavy atom. The largest absolute Gasteiger partial charge is 0.467 e. The van der Waals surface area contributed by atoms with E-state index >= 15 is 0 Å². The summed E-state index contributed by atoms with van der Waals surface area (Å²) in [7, 11) is 2.87. The molecule has 2 aromatic rings. The smallest absolute Gasteiger partial charge is 0.338 e. The summed E-state index contributed by atoms with van der Waals surface area (Å²) in [5.41, 5.74) is 12.2. The molecule has 0 fully saturated rings. The van der Waals surface area contributed by atoms with Crippen molar-refractivity contribution in [2.24, 2.45) is 5.73 Å². The van der Waals surface area contributed by atoms with Crippen LogP contribution in [0.15, 0.2) is 30.1 Å². The zero-order chi connectivity index (χ0) is 23.1. The normalized spacial score (nSPS) is 12.4. The fourth-order valence-corrected chi connectivity index (χ4v) is 2.77. The Labute approximate surface area is 178 Å². The van der Waals surface area contributed by atoms with Gasteiger partial charge in [-0.2, -0.15) is 5.26 Å². The van der Waals surface area contributed by atoms with Crippen molar-refractivity contribution >= 4 is 23.1 Å². The van der Waals surface area contributed by atoms with Crippen LogP contribution in [0.3, 0.4) is 0 Å². The lowest BCUT2D eigenvalue weighted by molar-refractivity contribution is 0.0595. The lowest BCUT2D eigenvalue weighted by Crippen LogP contribution is -2.21. The van der Waals surface area contributed by atoms with E-state index < -0.39 is 23.6 Å². The van der Waals surface area contributed by atoms with E-state index in [0.29, 0.717) is 0 Å². The number of nitrogen functional groups attached to an aromatic ring is 1. The molecule has 0 aliphatic carbocycles. The van der Waals surface area contributed by atoms with Crippen LogP contribution in [0, 0.1) is 22.6 Å². The topological polar surface area (TPSA) is 173 Å². The molecule has 6 N–H and O–H groups in total. The molecule has 0 radical (unpaired) electrons. The second kappa shape index (κ2) is 10.1. The molecule has 11 heteroatoms. The van der Waals surface area contributed by atoms with E-state index in [1.807, 2.05) is 0 Å². The summed E-state index contributed by atoms with van der Waals surface area (Å²) < 4.78 is 24.3. The highest BCUT2D eigenvalue weighted by molar-refractivity contribution is 6.30. The van der Waals surface area contributed by atoms with Gasteiger partial charge in [0.15, 0.2) is 5.82 Å². The molecule has 1 aromatic heterocycles. The van der Waals surface area contributed by atoms with Crippen molar-refractivity contribution in [3.63, 3.8) is 0 Å². The number of halogens is 1. The maximum absolute atomic E-state index is 13.8. The molecule has 1 heterocycles. The lowest BCUT2D eigenvalue weighted by atomic mass is 10.0. The Balaban J connectivity index is 2.49. The molecule has 1 atom stereocenters. The molecule has 0 spiro atoms. The van der Waals surface area contributed by atoms with Crippen molar-refractivity contribution in [2.45, 2.75) is 13.0 Å². The summed E-state index contributed by atoms with van der Waals surface area (Å²) in [4.78, 5) is 20.3. The molecule has 10 nitrogen and oxygen atoms in total. The van der Waals surface area contributed by atoms with Crippen molar-refractivity contribution in [1.82, 2.24) is 15.3 Å². The van der Waals surface area contributed by atoms with Gasteiger partial charge in [0.1, 0.15) is 23.7 Å². The van der Waals surface area contributed by atoms with Crippen molar-refractivity contribution in [3.05, 3.63) is 52.7 Å². The van der Waals surface area contributed by atoms with E-state index in [1.165, 1.54) is 19.4 Å². The van der Waals surface area contributed by atoms with Gasteiger partial charge >= 0.3 is 5.97 Å². The third-order valence-electron chi connectivity index (χ3n) is 4.22. The first-order chi connectivity index (χ1) is 14.7. The van der Waals surface area contributed by atoms with Crippen LogP contribution < -0.4 is 21.5 Å². The predicted octanol–water partition coefficient (Wildman–Crippen LogP) is 1.56. The number of nitrogens with one attached hydrogen (secondary N) is 2. The molecular weight excluding hydrogens is 405 g/mol. The maximum Gasteiger partial charge on any atom is 0.338 e. The van der Waals surface area contributed by atoms with Crippen LogP contribution in [-0.2, 0) is 4.74 Å². The molecule has 162 valence electrons. The van der Waals surface area contributed by atoms with Gasteiger partial charge in [0.25, 0.3) is 5.88 Å². The Morgan fingerprint density at radius 3 is 2.77 bits per heavy atom. The van der Waals surface area contributed by atoms with E-state index in [9.17, 15) is 9.18 Å². The van der Waals surface area contributed by atoms with E-state index in [0.717, 1.165) is 12.1 Å². The van der Waals surface area contributed by atoms with E-state index in [2.05, 4.69) is 15.3 Å². The van der Waals surface area contributed by atoms with Crippen LogP contribution in [0.5, 0.6) is 5.88 Å². The number of ether oxygens (including phenoxy) is 2. The predicted molar refractivity (Wildman–Crippen MR) is 112 cm³/mol. The Bertz CT molecular complexity index is 1080. The number of nitrogens with two attached hydrogens (primary N) is 2. The van der Waals surface area contributed by atoms with Gasteiger partial charge in [0.05, 0.1) is 30.1 Å². The molecule has 1 aromatic carbocycles. The average Bonchev–Trinajstić information content (AvgIpc) is 2.75. The van der Waals surface area contributed by atoms with Gasteiger partial charge in [-0.25, -0.2) is 19.2 Å². The summed E-state index contributed by atoms with van der Waals surface area (Å²) in [6, 6.07) is 5.28. The maximum atomic E-state index is 13.8. The Hall–Kier alpha value is -4.04. The zero-order valence-electron chi connectivity index (χ0n) is 17.2. The number of anilines is 1. The van der Waals surface area contributed by atoms with Gasteiger partial charge in [-0.3, -0.25) is 5.41 Å². The molecule has 0 saturated carbocycles. The summed E-state index contributed by atoms with van der Waals surface area (Å²) in [5, 5.41) is 19.9. The first-order valence-corrected chi connectivity index (χ1v) is 9.03. The molecule has 0 amide bonds. The van der Waals surface area contributed by atoms with Crippen LogP contribution in [0.25, 0.3) is 5.57 Å². The number of methoxy groups -OCH3 is 1. The minimum Gasteiger partial charge on any atom is -0.467 e. The molecule has 0 aliphatic heterocycles. The van der Waals surface area contributed by atoms with Gasteiger partial charge in [0, 0.05) is 17.8 Å². The highest BCUT2D eigenvalue weighted by Crippen LogP contribution is 2.28. The molecule has 31 heavy (non-hydrogen) atoms. The van der Waals surface area contributed by atoms with Crippen molar-refractivity contribution < 1.29 is 18.7 Å². The summed E-state index contributed by atoms with van der Waals surface area (Å²) in [5.74, 6) is -1.45. The summed E-state index contributed by atoms with van der Waals surface area (Å²) >= 11 is 0. The van der Waals surface area contributed by atoms with Crippen LogP contribution in [0.2, 0.25) is 0 Å². The van der Waals surface area contributed by atoms with Crippen molar-refractivity contribution in [1.29, 1.82) is 10.7 Å². The molecule has 2 rings (SSSR count). The SMILES string of the molecule is CNC/C(N)=C(/C(=N)C#N)c1cnc(N)c(O[C@H](C)c2cc(F)ccc2C(=O)OC)n1. The molecule has 0 bridgehead atoms. The monoisotopic (exact) mass is 427 g/mol. The number of hydrogen-bond donors (Lipinski definition) is 4. The van der Waals surface area contributed by atoms with Gasteiger partial charge in [-0.15, -0.1) is 0 Å². The Morgan fingerprint density at radius 2 is 2.16 bits per heavy atom. The van der Waals surface area contributed by atoms with E-state index in [-0.39, 0.29) is 46.3 Å². The van der Waals surface area contributed by atoms with Crippen LogP contribution >= 0.6 is 0 Å². The molecule has 0 unspecified atom stereocenters. The number of hydrogen-bond acceptors (Lipinski definition) is 10. The van der Waals surface area contributed by atoms with Crippen LogP contribution in [-0.4, -0.2) is 42.4 Å². The molecule has 0 aliphatic rings. The van der Waals surface area contributed by atoms with Crippen LogP contribution in [0.1, 0.15) is 34.6 Å². The number of carbonyl (C=O) groups is 1.